The number of aliphatic carboxylic acids is 1. The van der Waals surface area contributed by atoms with Crippen molar-refractivity contribution in [1.29, 1.82) is 0 Å². The van der Waals surface area contributed by atoms with Crippen LogP contribution in [0.3, 0.4) is 0 Å². The Bertz CT molecular complexity index is 807. The summed E-state index contributed by atoms with van der Waals surface area (Å²) in [6, 6.07) is 0. The lowest BCUT2D eigenvalue weighted by atomic mass is 9.97. The number of hydrogen-bond acceptors (Lipinski definition) is 6. The highest BCUT2D eigenvalue weighted by Crippen LogP contribution is 2.28. The van der Waals surface area contributed by atoms with E-state index in [4.69, 9.17) is 14.6 Å². The monoisotopic (exact) mass is 420 g/mol. The fourth-order valence-corrected chi connectivity index (χ4v) is 3.20. The number of amides is 1. The van der Waals surface area contributed by atoms with Crippen LogP contribution in [0.25, 0.3) is 0 Å². The van der Waals surface area contributed by atoms with Crippen LogP contribution in [0.5, 0.6) is 0 Å². The zero-order valence-corrected chi connectivity index (χ0v) is 16.0. The highest BCUT2D eigenvalue weighted by atomic mass is 32.1. The fraction of sp³-hybridized carbons (Fsp3) is 0.500. The molecule has 0 aliphatic carbocycles. The Morgan fingerprint density at radius 1 is 1.43 bits per heavy atom. The van der Waals surface area contributed by atoms with Gasteiger partial charge in [-0.15, -0.1) is 11.3 Å². The molecule has 0 fully saturated rings. The number of hydrogen-bond donors (Lipinski definition) is 1. The lowest BCUT2D eigenvalue weighted by molar-refractivity contribution is -0.192. The Kier molecular flexibility index (Phi) is 7.13. The summed E-state index contributed by atoms with van der Waals surface area (Å²) in [6.07, 6.45) is -3.10. The van der Waals surface area contributed by atoms with Crippen molar-refractivity contribution in [3.63, 3.8) is 0 Å². The molecule has 1 unspecified atom stereocenters. The Balaban J connectivity index is 0.000000345. The third-order valence-electron chi connectivity index (χ3n) is 3.83. The summed E-state index contributed by atoms with van der Waals surface area (Å²) >= 11 is 1.44. The van der Waals surface area contributed by atoms with E-state index in [1.54, 1.807) is 15.6 Å². The van der Waals surface area contributed by atoms with Crippen molar-refractivity contribution in [2.24, 2.45) is 7.05 Å². The number of fused-ring (bicyclic) bond motifs is 1. The van der Waals surface area contributed by atoms with Gasteiger partial charge in [0.15, 0.2) is 0 Å². The molecule has 1 amide bonds. The second kappa shape index (κ2) is 9.15. The van der Waals surface area contributed by atoms with Crippen molar-refractivity contribution in [2.45, 2.75) is 25.6 Å². The average molecular weight is 420 g/mol. The normalized spacial score (nSPS) is 16.2. The van der Waals surface area contributed by atoms with Gasteiger partial charge in [0.25, 0.3) is 5.91 Å². The van der Waals surface area contributed by atoms with Crippen LogP contribution in [0.15, 0.2) is 17.1 Å². The van der Waals surface area contributed by atoms with Crippen LogP contribution in [0, 0.1) is 0 Å². The number of halogens is 3. The molecule has 12 heteroatoms. The first-order valence-electron chi connectivity index (χ1n) is 8.21. The summed E-state index contributed by atoms with van der Waals surface area (Å²) in [5, 5.41) is 13.4. The Labute approximate surface area is 162 Å². The van der Waals surface area contributed by atoms with Gasteiger partial charge in [-0.25, -0.2) is 9.78 Å². The Morgan fingerprint density at radius 3 is 2.64 bits per heavy atom. The van der Waals surface area contributed by atoms with Gasteiger partial charge in [-0.3, -0.25) is 9.48 Å². The summed E-state index contributed by atoms with van der Waals surface area (Å²) in [5.74, 6) is -2.66. The summed E-state index contributed by atoms with van der Waals surface area (Å²) in [7, 11) is 1.91. The number of carboxylic acids is 1. The number of aromatic nitrogens is 3. The maximum atomic E-state index is 12.5. The molecule has 0 bridgehead atoms. The number of carbonyl (C=O) groups excluding carboxylic acids is 1. The van der Waals surface area contributed by atoms with E-state index in [-0.39, 0.29) is 11.8 Å². The number of alkyl halides is 3. The van der Waals surface area contributed by atoms with E-state index >= 15 is 0 Å². The first kappa shape index (κ1) is 21.8. The molecule has 0 saturated carbocycles. The first-order valence-corrected chi connectivity index (χ1v) is 9.15. The molecule has 2 aromatic rings. The number of carbonyl (C=O) groups is 2. The van der Waals surface area contributed by atoms with Crippen molar-refractivity contribution >= 4 is 23.2 Å². The van der Waals surface area contributed by atoms with Gasteiger partial charge in [0.05, 0.1) is 17.8 Å². The van der Waals surface area contributed by atoms with Crippen molar-refractivity contribution in [2.75, 3.05) is 19.8 Å². The standard InChI is InChI=1S/C14H18N4O2S.C2HF3O2/c1-3-20-7-11-6-18(14(19)12-8-21-9-15-12)5-10-4-17(2)16-13(10)11;3-2(4,5)1(6)7/h4,8-9,11H,3,5-7H2,1-2H3;(H,6,7). The minimum Gasteiger partial charge on any atom is -0.475 e. The Hall–Kier alpha value is -2.47. The lowest BCUT2D eigenvalue weighted by Gasteiger charge is -2.31. The fourth-order valence-electron chi connectivity index (χ4n) is 2.67. The van der Waals surface area contributed by atoms with Crippen LogP contribution < -0.4 is 0 Å². The number of rotatable bonds is 4. The highest BCUT2D eigenvalue weighted by Gasteiger charge is 2.38. The third kappa shape index (κ3) is 5.52. The van der Waals surface area contributed by atoms with E-state index in [0.717, 1.165) is 11.3 Å². The van der Waals surface area contributed by atoms with Gasteiger partial charge in [-0.1, -0.05) is 0 Å². The molecule has 1 N–H and O–H groups in total. The van der Waals surface area contributed by atoms with E-state index in [0.29, 0.717) is 32.0 Å². The second-order valence-corrected chi connectivity index (χ2v) is 6.65. The molecule has 2 aromatic heterocycles. The summed E-state index contributed by atoms with van der Waals surface area (Å²) < 4.78 is 39.1. The summed E-state index contributed by atoms with van der Waals surface area (Å²) in [4.78, 5) is 27.3. The molecule has 28 heavy (non-hydrogen) atoms. The second-order valence-electron chi connectivity index (χ2n) is 5.93. The molecule has 0 radical (unpaired) electrons. The molecule has 1 aliphatic rings. The van der Waals surface area contributed by atoms with Crippen molar-refractivity contribution in [1.82, 2.24) is 19.7 Å². The smallest absolute Gasteiger partial charge is 0.475 e. The molecular formula is C16H19F3N4O4S. The van der Waals surface area contributed by atoms with Gasteiger partial charge in [0.1, 0.15) is 5.69 Å². The van der Waals surface area contributed by atoms with E-state index in [1.165, 1.54) is 11.3 Å². The molecule has 3 heterocycles. The van der Waals surface area contributed by atoms with E-state index in [9.17, 15) is 18.0 Å². The minimum absolute atomic E-state index is 0.0211. The van der Waals surface area contributed by atoms with Gasteiger partial charge in [0.2, 0.25) is 0 Å². The van der Waals surface area contributed by atoms with Gasteiger partial charge < -0.3 is 14.7 Å². The van der Waals surface area contributed by atoms with Crippen LogP contribution >= 0.6 is 11.3 Å². The molecule has 1 aliphatic heterocycles. The predicted octanol–water partition coefficient (Wildman–Crippen LogP) is 2.29. The number of thiazole rings is 1. The maximum absolute atomic E-state index is 12.5. The van der Waals surface area contributed by atoms with E-state index in [2.05, 4.69) is 10.1 Å². The predicted molar refractivity (Wildman–Crippen MR) is 93.0 cm³/mol. The van der Waals surface area contributed by atoms with Crippen molar-refractivity contribution < 1.29 is 32.6 Å². The summed E-state index contributed by atoms with van der Waals surface area (Å²) in [6.45, 7) is 4.43. The van der Waals surface area contributed by atoms with Crippen LogP contribution in [0.1, 0.15) is 34.6 Å². The molecule has 154 valence electrons. The largest absolute Gasteiger partial charge is 0.490 e. The third-order valence-corrected chi connectivity index (χ3v) is 4.42. The molecule has 1 atom stereocenters. The molecule has 3 rings (SSSR count). The molecule has 0 aromatic carbocycles. The topological polar surface area (TPSA) is 97.5 Å². The summed E-state index contributed by atoms with van der Waals surface area (Å²) in [5.41, 5.74) is 4.34. The van der Waals surface area contributed by atoms with E-state index in [1.807, 2.05) is 25.1 Å². The SMILES string of the molecule is CCOCC1CN(C(=O)c2cscn2)Cc2cn(C)nc21.O=C(O)C(F)(F)F. The molecule has 0 saturated heterocycles. The number of ether oxygens (including phenoxy) is 1. The van der Waals surface area contributed by atoms with Crippen LogP contribution in [-0.2, 0) is 23.1 Å². The number of carboxylic acid groups (broad SMARTS) is 1. The highest BCUT2D eigenvalue weighted by molar-refractivity contribution is 7.07. The van der Waals surface area contributed by atoms with Crippen LogP contribution in [0.2, 0.25) is 0 Å². The van der Waals surface area contributed by atoms with E-state index < -0.39 is 12.1 Å². The quantitative estimate of drug-likeness (QED) is 0.815. The van der Waals surface area contributed by atoms with Crippen molar-refractivity contribution in [3.05, 3.63) is 34.0 Å². The number of nitrogens with zero attached hydrogens (tertiary/aromatic N) is 4. The minimum atomic E-state index is -5.08. The molecule has 8 nitrogen and oxygen atoms in total. The number of aryl methyl sites for hydroxylation is 1. The molecule has 0 spiro atoms. The Morgan fingerprint density at radius 2 is 2.11 bits per heavy atom. The lowest BCUT2D eigenvalue weighted by Crippen LogP contribution is -2.39. The maximum Gasteiger partial charge on any atom is 0.490 e. The van der Waals surface area contributed by atoms with Gasteiger partial charge in [-0.05, 0) is 6.92 Å². The van der Waals surface area contributed by atoms with Gasteiger partial charge >= 0.3 is 12.1 Å². The van der Waals surface area contributed by atoms with Gasteiger partial charge in [0, 0.05) is 49.8 Å². The zero-order valence-electron chi connectivity index (χ0n) is 15.1. The molecular weight excluding hydrogens is 401 g/mol. The first-order chi connectivity index (χ1) is 13.1. The zero-order chi connectivity index (χ0) is 20.9. The van der Waals surface area contributed by atoms with Gasteiger partial charge in [-0.2, -0.15) is 18.3 Å². The van der Waals surface area contributed by atoms with Crippen LogP contribution in [0.4, 0.5) is 13.2 Å². The van der Waals surface area contributed by atoms with Crippen molar-refractivity contribution in [3.8, 4) is 0 Å². The average Bonchev–Trinajstić information content (AvgIpc) is 3.27. The van der Waals surface area contributed by atoms with Crippen LogP contribution in [-0.4, -0.2) is 62.6 Å².